The molecule has 0 aromatic carbocycles. The number of nitrogens with one attached hydrogen (secondary N) is 1. The first-order chi connectivity index (χ1) is 7.99. The van der Waals surface area contributed by atoms with Crippen LogP contribution in [0.3, 0.4) is 0 Å². The zero-order valence-corrected chi connectivity index (χ0v) is 10.7. The van der Waals surface area contributed by atoms with Crippen molar-refractivity contribution in [2.24, 2.45) is 17.6 Å². The van der Waals surface area contributed by atoms with Gasteiger partial charge in [-0.15, -0.1) is 0 Å². The molecule has 0 bridgehead atoms. The van der Waals surface area contributed by atoms with E-state index in [2.05, 4.69) is 5.32 Å². The van der Waals surface area contributed by atoms with Gasteiger partial charge in [0.2, 0.25) is 5.91 Å². The molecule has 0 saturated heterocycles. The van der Waals surface area contributed by atoms with Crippen molar-refractivity contribution in [1.82, 2.24) is 5.32 Å². The maximum atomic E-state index is 11.5. The standard InChI is InChI=1S/C12H24N2O3/c1-3-10(7-13)6-11(15)14-8-9(2)4-5-12(16)17/h9-10H,3-8,13H2,1-2H3,(H,14,15)(H,16,17). The Balaban J connectivity index is 3.71. The third kappa shape index (κ3) is 8.68. The van der Waals surface area contributed by atoms with E-state index in [0.717, 1.165) is 6.42 Å². The van der Waals surface area contributed by atoms with Crippen molar-refractivity contribution in [2.75, 3.05) is 13.1 Å². The van der Waals surface area contributed by atoms with Crippen LogP contribution >= 0.6 is 0 Å². The Bertz CT molecular complexity index is 240. The number of rotatable bonds is 9. The number of carboxylic acids is 1. The van der Waals surface area contributed by atoms with E-state index in [1.807, 2.05) is 13.8 Å². The zero-order chi connectivity index (χ0) is 13.3. The first-order valence-electron chi connectivity index (χ1n) is 6.18. The predicted molar refractivity (Wildman–Crippen MR) is 66.5 cm³/mol. The summed E-state index contributed by atoms with van der Waals surface area (Å²) in [6.45, 7) is 5.01. The summed E-state index contributed by atoms with van der Waals surface area (Å²) in [4.78, 5) is 21.9. The molecule has 0 rings (SSSR count). The van der Waals surface area contributed by atoms with Gasteiger partial charge in [0.25, 0.3) is 0 Å². The molecule has 1 amide bonds. The molecular formula is C12H24N2O3. The summed E-state index contributed by atoms with van der Waals surface area (Å²) in [5.41, 5.74) is 5.52. The molecule has 2 unspecified atom stereocenters. The van der Waals surface area contributed by atoms with E-state index in [1.54, 1.807) is 0 Å². The number of carboxylic acid groups (broad SMARTS) is 1. The molecule has 0 fully saturated rings. The summed E-state index contributed by atoms with van der Waals surface area (Å²) >= 11 is 0. The second-order valence-electron chi connectivity index (χ2n) is 4.56. The summed E-state index contributed by atoms with van der Waals surface area (Å²) in [6, 6.07) is 0. The fraction of sp³-hybridized carbons (Fsp3) is 0.833. The minimum absolute atomic E-state index is 0.00414. The number of carbonyl (C=O) groups is 2. The van der Waals surface area contributed by atoms with Gasteiger partial charge < -0.3 is 16.2 Å². The van der Waals surface area contributed by atoms with Crippen molar-refractivity contribution in [3.05, 3.63) is 0 Å². The highest BCUT2D eigenvalue weighted by Gasteiger charge is 2.11. The number of carbonyl (C=O) groups excluding carboxylic acids is 1. The Kier molecular flexibility index (Phi) is 8.40. The van der Waals surface area contributed by atoms with Gasteiger partial charge in [0.05, 0.1) is 0 Å². The predicted octanol–water partition coefficient (Wildman–Crippen LogP) is 0.979. The first-order valence-corrected chi connectivity index (χ1v) is 6.18. The van der Waals surface area contributed by atoms with Crippen molar-refractivity contribution in [1.29, 1.82) is 0 Å². The molecule has 0 aromatic heterocycles. The molecule has 5 heteroatoms. The van der Waals surface area contributed by atoms with Crippen LogP contribution in [0.1, 0.15) is 39.5 Å². The molecule has 0 radical (unpaired) electrons. The molecule has 100 valence electrons. The minimum Gasteiger partial charge on any atom is -0.481 e. The third-order valence-electron chi connectivity index (χ3n) is 2.88. The lowest BCUT2D eigenvalue weighted by atomic mass is 10.0. The Morgan fingerprint density at radius 3 is 2.53 bits per heavy atom. The molecule has 0 aromatic rings. The van der Waals surface area contributed by atoms with Crippen molar-refractivity contribution in [2.45, 2.75) is 39.5 Å². The second-order valence-corrected chi connectivity index (χ2v) is 4.56. The molecule has 0 aliphatic heterocycles. The van der Waals surface area contributed by atoms with E-state index in [1.165, 1.54) is 0 Å². The normalized spacial score (nSPS) is 14.1. The summed E-state index contributed by atoms with van der Waals surface area (Å²) < 4.78 is 0. The van der Waals surface area contributed by atoms with Crippen molar-refractivity contribution in [3.63, 3.8) is 0 Å². The van der Waals surface area contributed by atoms with E-state index in [0.29, 0.717) is 25.9 Å². The first kappa shape index (κ1) is 15.9. The molecule has 0 aliphatic rings. The quantitative estimate of drug-likeness (QED) is 0.563. The van der Waals surface area contributed by atoms with Gasteiger partial charge in [-0.05, 0) is 24.8 Å². The van der Waals surface area contributed by atoms with Crippen LogP contribution in [0.2, 0.25) is 0 Å². The zero-order valence-electron chi connectivity index (χ0n) is 10.7. The van der Waals surface area contributed by atoms with Crippen LogP contribution in [0.15, 0.2) is 0 Å². The van der Waals surface area contributed by atoms with Crippen molar-refractivity contribution in [3.8, 4) is 0 Å². The van der Waals surface area contributed by atoms with Crippen LogP contribution < -0.4 is 11.1 Å². The molecule has 17 heavy (non-hydrogen) atoms. The van der Waals surface area contributed by atoms with Crippen LogP contribution in [0.25, 0.3) is 0 Å². The van der Waals surface area contributed by atoms with Crippen LogP contribution in [-0.4, -0.2) is 30.1 Å². The number of aliphatic carboxylic acids is 1. The highest BCUT2D eigenvalue weighted by Crippen LogP contribution is 2.07. The molecular weight excluding hydrogens is 220 g/mol. The van der Waals surface area contributed by atoms with Crippen molar-refractivity contribution >= 4 is 11.9 Å². The van der Waals surface area contributed by atoms with Gasteiger partial charge in [-0.1, -0.05) is 20.3 Å². The summed E-state index contributed by atoms with van der Waals surface area (Å²) in [6.07, 6.45) is 2.10. The van der Waals surface area contributed by atoms with Crippen molar-refractivity contribution < 1.29 is 14.7 Å². The smallest absolute Gasteiger partial charge is 0.303 e. The molecule has 0 aliphatic carbocycles. The number of hydrogen-bond donors (Lipinski definition) is 3. The summed E-state index contributed by atoms with van der Waals surface area (Å²) in [5, 5.41) is 11.3. The van der Waals surface area contributed by atoms with Gasteiger partial charge >= 0.3 is 5.97 Å². The number of hydrogen-bond acceptors (Lipinski definition) is 3. The summed E-state index contributed by atoms with van der Waals surface area (Å²) in [5.74, 6) is -0.362. The fourth-order valence-corrected chi connectivity index (χ4v) is 1.49. The highest BCUT2D eigenvalue weighted by atomic mass is 16.4. The molecule has 5 nitrogen and oxygen atoms in total. The Morgan fingerprint density at radius 2 is 2.06 bits per heavy atom. The minimum atomic E-state index is -0.794. The maximum absolute atomic E-state index is 11.5. The largest absolute Gasteiger partial charge is 0.481 e. The van der Waals surface area contributed by atoms with Crippen LogP contribution in [0.5, 0.6) is 0 Å². The lowest BCUT2D eigenvalue weighted by Gasteiger charge is -2.14. The van der Waals surface area contributed by atoms with Crippen LogP contribution in [0, 0.1) is 11.8 Å². The van der Waals surface area contributed by atoms with E-state index in [4.69, 9.17) is 10.8 Å². The van der Waals surface area contributed by atoms with Gasteiger partial charge in [-0.3, -0.25) is 9.59 Å². The van der Waals surface area contributed by atoms with Gasteiger partial charge in [0.15, 0.2) is 0 Å². The van der Waals surface area contributed by atoms with Crippen LogP contribution in [-0.2, 0) is 9.59 Å². The van der Waals surface area contributed by atoms with E-state index < -0.39 is 5.97 Å². The Labute approximate surface area is 103 Å². The van der Waals surface area contributed by atoms with E-state index >= 15 is 0 Å². The highest BCUT2D eigenvalue weighted by molar-refractivity contribution is 5.76. The van der Waals surface area contributed by atoms with E-state index in [-0.39, 0.29) is 24.2 Å². The van der Waals surface area contributed by atoms with Crippen LogP contribution in [0.4, 0.5) is 0 Å². The average molecular weight is 244 g/mol. The lowest BCUT2D eigenvalue weighted by Crippen LogP contribution is -2.31. The topological polar surface area (TPSA) is 92.4 Å². The van der Waals surface area contributed by atoms with Gasteiger partial charge in [0.1, 0.15) is 0 Å². The average Bonchev–Trinajstić information content (AvgIpc) is 2.30. The Morgan fingerprint density at radius 1 is 1.41 bits per heavy atom. The fourth-order valence-electron chi connectivity index (χ4n) is 1.49. The number of amides is 1. The third-order valence-corrected chi connectivity index (χ3v) is 2.88. The molecule has 0 spiro atoms. The summed E-state index contributed by atoms with van der Waals surface area (Å²) in [7, 11) is 0. The number of nitrogens with two attached hydrogens (primary N) is 1. The van der Waals surface area contributed by atoms with Gasteiger partial charge in [-0.25, -0.2) is 0 Å². The molecule has 0 saturated carbocycles. The SMILES string of the molecule is CCC(CN)CC(=O)NCC(C)CCC(=O)O. The lowest BCUT2D eigenvalue weighted by molar-refractivity contribution is -0.137. The molecule has 0 heterocycles. The monoisotopic (exact) mass is 244 g/mol. The maximum Gasteiger partial charge on any atom is 0.303 e. The molecule has 4 N–H and O–H groups in total. The van der Waals surface area contributed by atoms with Gasteiger partial charge in [0, 0.05) is 19.4 Å². The second kappa shape index (κ2) is 8.98. The molecule has 2 atom stereocenters. The van der Waals surface area contributed by atoms with Gasteiger partial charge in [-0.2, -0.15) is 0 Å². The van der Waals surface area contributed by atoms with E-state index in [9.17, 15) is 9.59 Å². The Hall–Kier alpha value is -1.10.